The van der Waals surface area contributed by atoms with Crippen molar-refractivity contribution in [2.45, 2.75) is 25.4 Å². The zero-order valence-electron chi connectivity index (χ0n) is 13.1. The van der Waals surface area contributed by atoms with Crippen molar-refractivity contribution in [2.24, 2.45) is 4.99 Å². The molecule has 5 heteroatoms. The fourth-order valence-electron chi connectivity index (χ4n) is 2.48. The third-order valence-electron chi connectivity index (χ3n) is 4.00. The van der Waals surface area contributed by atoms with Crippen LogP contribution < -0.4 is 10.6 Å². The zero-order valence-corrected chi connectivity index (χ0v) is 13.1. The molecule has 22 heavy (non-hydrogen) atoms. The van der Waals surface area contributed by atoms with Crippen LogP contribution in [-0.4, -0.2) is 56.3 Å². The Morgan fingerprint density at radius 3 is 2.68 bits per heavy atom. The Hall–Kier alpha value is -1.59. The van der Waals surface area contributed by atoms with Gasteiger partial charge in [-0.05, 0) is 18.4 Å². The normalized spacial score (nSPS) is 19.9. The summed E-state index contributed by atoms with van der Waals surface area (Å²) < 4.78 is 5.38. The zero-order chi connectivity index (χ0) is 15.0. The molecule has 5 nitrogen and oxygen atoms in total. The van der Waals surface area contributed by atoms with Gasteiger partial charge in [0.1, 0.15) is 0 Å². The van der Waals surface area contributed by atoms with E-state index in [2.05, 4.69) is 39.8 Å². The second-order valence-corrected chi connectivity index (χ2v) is 5.95. The van der Waals surface area contributed by atoms with Crippen molar-refractivity contribution in [3.05, 3.63) is 35.9 Å². The molecule has 2 aliphatic rings. The lowest BCUT2D eigenvalue weighted by Crippen LogP contribution is -2.45. The average molecular weight is 302 g/mol. The van der Waals surface area contributed by atoms with Gasteiger partial charge in [-0.25, -0.2) is 4.99 Å². The SMILES string of the molecule is c1ccc(CN=C(NCCN2CCOCC2)NC2CC2)cc1. The van der Waals surface area contributed by atoms with Crippen molar-refractivity contribution in [1.29, 1.82) is 0 Å². The van der Waals surface area contributed by atoms with E-state index in [-0.39, 0.29) is 0 Å². The Labute approximate surface area is 132 Å². The molecule has 120 valence electrons. The summed E-state index contributed by atoms with van der Waals surface area (Å²) in [6, 6.07) is 11.0. The van der Waals surface area contributed by atoms with Crippen molar-refractivity contribution >= 4 is 5.96 Å². The van der Waals surface area contributed by atoms with Crippen LogP contribution in [0.2, 0.25) is 0 Å². The van der Waals surface area contributed by atoms with Crippen molar-refractivity contribution in [2.75, 3.05) is 39.4 Å². The van der Waals surface area contributed by atoms with Crippen LogP contribution in [0.1, 0.15) is 18.4 Å². The van der Waals surface area contributed by atoms with E-state index in [9.17, 15) is 0 Å². The molecule has 0 unspecified atom stereocenters. The summed E-state index contributed by atoms with van der Waals surface area (Å²) in [5.41, 5.74) is 1.24. The van der Waals surface area contributed by atoms with Crippen LogP contribution in [0.5, 0.6) is 0 Å². The molecule has 0 amide bonds. The fraction of sp³-hybridized carbons (Fsp3) is 0.588. The van der Waals surface area contributed by atoms with Crippen LogP contribution in [0.3, 0.4) is 0 Å². The summed E-state index contributed by atoms with van der Waals surface area (Å²) in [7, 11) is 0. The van der Waals surface area contributed by atoms with E-state index in [1.807, 2.05) is 6.07 Å². The molecular weight excluding hydrogens is 276 g/mol. The topological polar surface area (TPSA) is 48.9 Å². The Balaban J connectivity index is 1.46. The number of morpholine rings is 1. The van der Waals surface area contributed by atoms with E-state index in [1.165, 1.54) is 18.4 Å². The summed E-state index contributed by atoms with van der Waals surface area (Å²) in [5, 5.41) is 6.96. The monoisotopic (exact) mass is 302 g/mol. The summed E-state index contributed by atoms with van der Waals surface area (Å²) in [5.74, 6) is 0.944. The molecular formula is C17H26N4O. The molecule has 1 heterocycles. The van der Waals surface area contributed by atoms with Gasteiger partial charge in [0.25, 0.3) is 0 Å². The first kappa shape index (κ1) is 15.3. The van der Waals surface area contributed by atoms with E-state index in [0.717, 1.165) is 51.9 Å². The number of nitrogens with one attached hydrogen (secondary N) is 2. The van der Waals surface area contributed by atoms with Crippen LogP contribution in [0, 0.1) is 0 Å². The van der Waals surface area contributed by atoms with Crippen molar-refractivity contribution < 1.29 is 4.74 Å². The summed E-state index contributed by atoms with van der Waals surface area (Å²) >= 11 is 0. The largest absolute Gasteiger partial charge is 0.379 e. The molecule has 1 aromatic carbocycles. The maximum absolute atomic E-state index is 5.38. The molecule has 0 bridgehead atoms. The number of benzene rings is 1. The van der Waals surface area contributed by atoms with Gasteiger partial charge in [-0.15, -0.1) is 0 Å². The predicted molar refractivity (Wildman–Crippen MR) is 89.0 cm³/mol. The van der Waals surface area contributed by atoms with Gasteiger partial charge in [0, 0.05) is 32.2 Å². The van der Waals surface area contributed by atoms with Crippen LogP contribution in [0.25, 0.3) is 0 Å². The highest BCUT2D eigenvalue weighted by molar-refractivity contribution is 5.80. The van der Waals surface area contributed by atoms with Gasteiger partial charge >= 0.3 is 0 Å². The number of guanidine groups is 1. The highest BCUT2D eigenvalue weighted by atomic mass is 16.5. The van der Waals surface area contributed by atoms with Gasteiger partial charge in [-0.1, -0.05) is 30.3 Å². The summed E-state index contributed by atoms with van der Waals surface area (Å²) in [6.45, 7) is 6.47. The van der Waals surface area contributed by atoms with Gasteiger partial charge < -0.3 is 15.4 Å². The van der Waals surface area contributed by atoms with Gasteiger partial charge in [-0.3, -0.25) is 4.90 Å². The quantitative estimate of drug-likeness (QED) is 0.613. The molecule has 1 aliphatic carbocycles. The molecule has 1 saturated carbocycles. The Bertz CT molecular complexity index is 467. The standard InChI is InChI=1S/C17H26N4O/c1-2-4-15(5-3-1)14-19-17(20-16-6-7-16)18-8-9-21-10-12-22-13-11-21/h1-5,16H,6-14H2,(H2,18,19,20). The second kappa shape index (κ2) is 8.15. The molecule has 0 radical (unpaired) electrons. The van der Waals surface area contributed by atoms with Gasteiger partial charge in [0.15, 0.2) is 5.96 Å². The van der Waals surface area contributed by atoms with Crippen molar-refractivity contribution in [3.63, 3.8) is 0 Å². The second-order valence-electron chi connectivity index (χ2n) is 5.95. The number of ether oxygens (including phenoxy) is 1. The number of rotatable bonds is 6. The van der Waals surface area contributed by atoms with Crippen LogP contribution >= 0.6 is 0 Å². The molecule has 2 N–H and O–H groups in total. The first-order valence-electron chi connectivity index (χ1n) is 8.29. The minimum atomic E-state index is 0.616. The van der Waals surface area contributed by atoms with Crippen molar-refractivity contribution in [3.8, 4) is 0 Å². The summed E-state index contributed by atoms with van der Waals surface area (Å²) in [6.07, 6.45) is 2.52. The van der Waals surface area contributed by atoms with E-state index in [0.29, 0.717) is 6.04 Å². The maximum Gasteiger partial charge on any atom is 0.191 e. The molecule has 1 saturated heterocycles. The fourth-order valence-corrected chi connectivity index (χ4v) is 2.48. The van der Waals surface area contributed by atoms with E-state index >= 15 is 0 Å². The number of hydrogen-bond acceptors (Lipinski definition) is 3. The lowest BCUT2D eigenvalue weighted by Gasteiger charge is -2.26. The average Bonchev–Trinajstić information content (AvgIpc) is 3.38. The molecule has 1 aliphatic heterocycles. The minimum absolute atomic E-state index is 0.616. The van der Waals surface area contributed by atoms with Gasteiger partial charge in [0.05, 0.1) is 19.8 Å². The number of hydrogen-bond donors (Lipinski definition) is 2. The van der Waals surface area contributed by atoms with Gasteiger partial charge in [-0.2, -0.15) is 0 Å². The third-order valence-corrected chi connectivity index (χ3v) is 4.00. The molecule has 2 fully saturated rings. The third kappa shape index (κ3) is 5.31. The molecule has 0 aromatic heterocycles. The minimum Gasteiger partial charge on any atom is -0.379 e. The maximum atomic E-state index is 5.38. The predicted octanol–water partition coefficient (Wildman–Crippen LogP) is 1.22. The van der Waals surface area contributed by atoms with Crippen LogP contribution in [-0.2, 0) is 11.3 Å². The molecule has 0 atom stereocenters. The summed E-state index contributed by atoms with van der Waals surface area (Å²) in [4.78, 5) is 7.14. The lowest BCUT2D eigenvalue weighted by atomic mass is 10.2. The molecule has 3 rings (SSSR count). The van der Waals surface area contributed by atoms with Gasteiger partial charge in [0.2, 0.25) is 0 Å². The Morgan fingerprint density at radius 1 is 1.18 bits per heavy atom. The Kier molecular flexibility index (Phi) is 5.67. The first-order valence-corrected chi connectivity index (χ1v) is 8.29. The van der Waals surface area contributed by atoms with Crippen LogP contribution in [0.15, 0.2) is 35.3 Å². The van der Waals surface area contributed by atoms with E-state index in [1.54, 1.807) is 0 Å². The highest BCUT2D eigenvalue weighted by Gasteiger charge is 2.22. The van der Waals surface area contributed by atoms with E-state index in [4.69, 9.17) is 9.73 Å². The van der Waals surface area contributed by atoms with Crippen LogP contribution in [0.4, 0.5) is 0 Å². The molecule has 1 aromatic rings. The number of aliphatic imine (C=N–C) groups is 1. The first-order chi connectivity index (χ1) is 10.9. The molecule has 0 spiro atoms. The highest BCUT2D eigenvalue weighted by Crippen LogP contribution is 2.18. The lowest BCUT2D eigenvalue weighted by molar-refractivity contribution is 0.0389. The van der Waals surface area contributed by atoms with E-state index < -0.39 is 0 Å². The Morgan fingerprint density at radius 2 is 1.95 bits per heavy atom. The smallest absolute Gasteiger partial charge is 0.191 e. The number of nitrogens with zero attached hydrogens (tertiary/aromatic N) is 2. The van der Waals surface area contributed by atoms with Crippen molar-refractivity contribution in [1.82, 2.24) is 15.5 Å².